The van der Waals surface area contributed by atoms with Crippen molar-refractivity contribution >= 4 is 39.5 Å². The molecule has 0 saturated carbocycles. The molecule has 558 valence electrons. The number of rotatable bonds is 72. The maximum Gasteiger partial charge on any atom is 0.472 e. The van der Waals surface area contributed by atoms with E-state index >= 15 is 0 Å². The van der Waals surface area contributed by atoms with Crippen LogP contribution in [0.25, 0.3) is 0 Å². The van der Waals surface area contributed by atoms with Crippen LogP contribution in [-0.2, 0) is 65.4 Å². The molecule has 19 heteroatoms. The zero-order valence-corrected chi connectivity index (χ0v) is 63.4. The monoisotopic (exact) mass is 1380 g/mol. The van der Waals surface area contributed by atoms with Gasteiger partial charge in [-0.25, -0.2) is 9.13 Å². The molecule has 0 aromatic rings. The molecule has 0 spiro atoms. The largest absolute Gasteiger partial charge is 0.472 e. The van der Waals surface area contributed by atoms with Gasteiger partial charge in [-0.2, -0.15) is 0 Å². The lowest BCUT2D eigenvalue weighted by molar-refractivity contribution is -0.161. The van der Waals surface area contributed by atoms with Crippen LogP contribution in [0.3, 0.4) is 0 Å². The Kier molecular flexibility index (Phi) is 63.1. The summed E-state index contributed by atoms with van der Waals surface area (Å²) in [6.07, 6.45) is 49.0. The predicted octanol–water partition coefficient (Wildman–Crippen LogP) is 21.7. The van der Waals surface area contributed by atoms with Gasteiger partial charge >= 0.3 is 39.5 Å². The molecule has 17 nitrogen and oxygen atoms in total. The van der Waals surface area contributed by atoms with E-state index in [9.17, 15) is 43.2 Å². The van der Waals surface area contributed by atoms with Crippen molar-refractivity contribution in [3.05, 3.63) is 0 Å². The van der Waals surface area contributed by atoms with E-state index in [4.69, 9.17) is 37.0 Å². The Labute approximate surface area is 575 Å². The third kappa shape index (κ3) is 66.0. The predicted molar refractivity (Wildman–Crippen MR) is 381 cm³/mol. The summed E-state index contributed by atoms with van der Waals surface area (Å²) in [5, 5.41) is 10.6. The molecule has 0 saturated heterocycles. The van der Waals surface area contributed by atoms with E-state index in [1.807, 2.05) is 0 Å². The van der Waals surface area contributed by atoms with Crippen LogP contribution < -0.4 is 0 Å². The van der Waals surface area contributed by atoms with Crippen LogP contribution in [0.15, 0.2) is 0 Å². The van der Waals surface area contributed by atoms with E-state index < -0.39 is 97.5 Å². The molecule has 0 aromatic carbocycles. The molecule has 94 heavy (non-hydrogen) atoms. The molecule has 0 rings (SSSR count). The number of ether oxygens (including phenoxy) is 4. The fraction of sp³-hybridized carbons (Fsp3) is 0.947. The van der Waals surface area contributed by atoms with Crippen LogP contribution in [0.4, 0.5) is 0 Å². The first-order valence-corrected chi connectivity index (χ1v) is 41.8. The van der Waals surface area contributed by atoms with E-state index in [-0.39, 0.29) is 25.7 Å². The van der Waals surface area contributed by atoms with Gasteiger partial charge in [0.1, 0.15) is 19.3 Å². The minimum atomic E-state index is -4.96. The second kappa shape index (κ2) is 64.4. The molecule has 3 N–H and O–H groups in total. The molecule has 4 unspecified atom stereocenters. The standard InChI is InChI=1S/C75H146O17P2/c1-9-67(7)53-45-37-28-24-19-17-15-13-11-12-14-16-18-20-25-29-39-47-55-72(77)85-61-70(91-74(79)57-49-41-30-26-22-21-23-27-35-43-51-65(3)4)63-89-93(81,82)87-59-69(76)60-88-94(83,84)90-64-71(92-75(80)58-50-42-33-31-36-44-52-66(5)6)62-86-73(78)56-48-40-34-32-38-46-54-68(8)10-2/h65-71,76H,9-64H2,1-8H3,(H,81,82)(H,83,84)/t67?,68?,69-,70-,71-/m1/s1. The van der Waals surface area contributed by atoms with Gasteiger partial charge in [-0.05, 0) is 49.4 Å². The summed E-state index contributed by atoms with van der Waals surface area (Å²) in [6, 6.07) is 0. The van der Waals surface area contributed by atoms with E-state index in [0.717, 1.165) is 114 Å². The highest BCUT2D eigenvalue weighted by Crippen LogP contribution is 2.45. The number of phosphoric ester groups is 2. The van der Waals surface area contributed by atoms with Crippen LogP contribution in [0.5, 0.6) is 0 Å². The SMILES string of the molecule is CCC(C)CCCCCCCCCCCCCCCCCCCCC(=O)OC[C@H](COP(=O)(O)OC[C@@H](O)COP(=O)(O)OC[C@@H](COC(=O)CCCCCCCCC(C)CC)OC(=O)CCCCCCCCC(C)C)OC(=O)CCCCCCCCCCCCC(C)C. The van der Waals surface area contributed by atoms with E-state index in [1.165, 1.54) is 173 Å². The third-order valence-corrected chi connectivity index (χ3v) is 19.9. The van der Waals surface area contributed by atoms with Crippen molar-refractivity contribution in [2.45, 2.75) is 395 Å². The fourth-order valence-corrected chi connectivity index (χ4v) is 12.9. The highest BCUT2D eigenvalue weighted by Gasteiger charge is 2.30. The number of aliphatic hydroxyl groups is 1. The van der Waals surface area contributed by atoms with Gasteiger partial charge in [0.25, 0.3) is 0 Å². The van der Waals surface area contributed by atoms with Crippen molar-refractivity contribution in [3.8, 4) is 0 Å². The number of carbonyl (C=O) groups is 4. The van der Waals surface area contributed by atoms with E-state index in [2.05, 4.69) is 55.4 Å². The van der Waals surface area contributed by atoms with Gasteiger partial charge in [0.05, 0.1) is 26.4 Å². The average Bonchev–Trinajstić information content (AvgIpc) is 1.41. The Balaban J connectivity index is 5.14. The number of aliphatic hydroxyl groups excluding tert-OH is 1. The van der Waals surface area contributed by atoms with E-state index in [1.54, 1.807) is 0 Å². The summed E-state index contributed by atoms with van der Waals surface area (Å²) in [5.41, 5.74) is 0. The van der Waals surface area contributed by atoms with Gasteiger partial charge in [0, 0.05) is 25.7 Å². The Hall–Kier alpha value is -1.94. The van der Waals surface area contributed by atoms with Gasteiger partial charge in [0.15, 0.2) is 12.2 Å². The number of unbranched alkanes of at least 4 members (excludes halogenated alkanes) is 36. The maximum absolute atomic E-state index is 13.1. The smallest absolute Gasteiger partial charge is 0.462 e. The molecule has 0 fully saturated rings. The van der Waals surface area contributed by atoms with Crippen LogP contribution >= 0.6 is 15.6 Å². The molecule has 0 bridgehead atoms. The zero-order chi connectivity index (χ0) is 69.6. The molecule has 0 radical (unpaired) electrons. The Bertz CT molecular complexity index is 1850. The highest BCUT2D eigenvalue weighted by molar-refractivity contribution is 7.47. The van der Waals surface area contributed by atoms with Gasteiger partial charge in [0.2, 0.25) is 0 Å². The molecular weight excluding hydrogens is 1230 g/mol. The molecule has 0 aliphatic heterocycles. The summed E-state index contributed by atoms with van der Waals surface area (Å²) in [6.45, 7) is 14.1. The second-order valence-electron chi connectivity index (χ2n) is 28.5. The van der Waals surface area contributed by atoms with E-state index in [0.29, 0.717) is 31.6 Å². The molecule has 0 aliphatic carbocycles. The first-order valence-electron chi connectivity index (χ1n) is 38.8. The third-order valence-electron chi connectivity index (χ3n) is 18.0. The first-order chi connectivity index (χ1) is 45.2. The highest BCUT2D eigenvalue weighted by atomic mass is 31.2. The van der Waals surface area contributed by atoms with Crippen molar-refractivity contribution < 1.29 is 80.2 Å². The molecule has 0 aliphatic rings. The van der Waals surface area contributed by atoms with Crippen LogP contribution in [0.1, 0.15) is 376 Å². The number of carbonyl (C=O) groups excluding carboxylic acids is 4. The molecule has 7 atom stereocenters. The van der Waals surface area contributed by atoms with Gasteiger partial charge in [-0.3, -0.25) is 37.3 Å². The second-order valence-corrected chi connectivity index (χ2v) is 31.4. The van der Waals surface area contributed by atoms with Crippen molar-refractivity contribution in [1.82, 2.24) is 0 Å². The summed E-state index contributed by atoms with van der Waals surface area (Å²) >= 11 is 0. The topological polar surface area (TPSA) is 237 Å². The number of hydrogen-bond donors (Lipinski definition) is 3. The summed E-state index contributed by atoms with van der Waals surface area (Å²) in [5.74, 6) is 0.896. The van der Waals surface area contributed by atoms with Gasteiger partial charge in [-0.15, -0.1) is 0 Å². The number of esters is 4. The van der Waals surface area contributed by atoms with Crippen molar-refractivity contribution in [3.63, 3.8) is 0 Å². The lowest BCUT2D eigenvalue weighted by Gasteiger charge is -2.21. The van der Waals surface area contributed by atoms with Crippen molar-refractivity contribution in [2.24, 2.45) is 23.7 Å². The first kappa shape index (κ1) is 92.1. The minimum Gasteiger partial charge on any atom is -0.462 e. The zero-order valence-electron chi connectivity index (χ0n) is 61.6. The molecular formula is C75H146O17P2. The lowest BCUT2D eigenvalue weighted by Crippen LogP contribution is -2.30. The summed E-state index contributed by atoms with van der Waals surface area (Å²) in [7, 11) is -9.91. The van der Waals surface area contributed by atoms with Crippen molar-refractivity contribution in [2.75, 3.05) is 39.6 Å². The Morgan fingerprint density at radius 2 is 0.511 bits per heavy atom. The van der Waals surface area contributed by atoms with Gasteiger partial charge < -0.3 is 33.8 Å². The van der Waals surface area contributed by atoms with Crippen LogP contribution in [0, 0.1) is 23.7 Å². The van der Waals surface area contributed by atoms with Crippen LogP contribution in [-0.4, -0.2) is 96.7 Å². The fourth-order valence-electron chi connectivity index (χ4n) is 11.3. The maximum atomic E-state index is 13.1. The Morgan fingerprint density at radius 3 is 0.755 bits per heavy atom. The summed E-state index contributed by atoms with van der Waals surface area (Å²) < 4.78 is 68.4. The molecule has 0 heterocycles. The van der Waals surface area contributed by atoms with Gasteiger partial charge in [-0.1, -0.05) is 325 Å². The number of hydrogen-bond acceptors (Lipinski definition) is 15. The average molecular weight is 1380 g/mol. The quantitative estimate of drug-likeness (QED) is 0.0222. The van der Waals surface area contributed by atoms with Crippen molar-refractivity contribution in [1.29, 1.82) is 0 Å². The molecule has 0 amide bonds. The molecule has 0 aromatic heterocycles. The number of phosphoric acid groups is 2. The summed E-state index contributed by atoms with van der Waals surface area (Å²) in [4.78, 5) is 72.6. The minimum absolute atomic E-state index is 0.101. The van der Waals surface area contributed by atoms with Crippen LogP contribution in [0.2, 0.25) is 0 Å². The normalized spacial score (nSPS) is 14.7. The lowest BCUT2D eigenvalue weighted by atomic mass is 9.99. The Morgan fingerprint density at radius 1 is 0.298 bits per heavy atom.